The van der Waals surface area contributed by atoms with E-state index in [1.165, 1.54) is 24.3 Å². The molecule has 0 aliphatic carbocycles. The minimum absolute atomic E-state index is 0.0882. The summed E-state index contributed by atoms with van der Waals surface area (Å²) in [6, 6.07) is 11.1. The SMILES string of the molecule is CCOc1cc(CN2CCC(Nc3ncc(C(=O)Nc4ccc(Cl)cc4)c(C(F)(F)F)n3)CC2)ccc1O. The Hall–Kier alpha value is -3.57. The highest BCUT2D eigenvalue weighted by atomic mass is 35.5. The highest BCUT2D eigenvalue weighted by molar-refractivity contribution is 6.30. The number of aromatic hydroxyl groups is 1. The van der Waals surface area contributed by atoms with Crippen LogP contribution in [0.3, 0.4) is 0 Å². The number of alkyl halides is 3. The highest BCUT2D eigenvalue weighted by Crippen LogP contribution is 2.32. The number of phenols is 1. The van der Waals surface area contributed by atoms with Crippen molar-refractivity contribution in [2.75, 3.05) is 30.3 Å². The normalized spacial score (nSPS) is 14.8. The number of likely N-dealkylation sites (tertiary alicyclic amines) is 1. The zero-order chi connectivity index (χ0) is 27.3. The number of aromatic nitrogens is 2. The highest BCUT2D eigenvalue weighted by Gasteiger charge is 2.38. The number of halogens is 4. The van der Waals surface area contributed by atoms with Gasteiger partial charge in [0.15, 0.2) is 17.2 Å². The van der Waals surface area contributed by atoms with Crippen LogP contribution in [-0.4, -0.2) is 51.6 Å². The molecule has 38 heavy (non-hydrogen) atoms. The Balaban J connectivity index is 1.38. The lowest BCUT2D eigenvalue weighted by atomic mass is 10.0. The van der Waals surface area contributed by atoms with Crippen LogP contribution in [0.15, 0.2) is 48.7 Å². The molecule has 0 radical (unpaired) electrons. The molecule has 1 fully saturated rings. The number of anilines is 2. The molecule has 2 heterocycles. The molecule has 0 atom stereocenters. The minimum atomic E-state index is -4.85. The van der Waals surface area contributed by atoms with Gasteiger partial charge in [0, 0.05) is 42.6 Å². The maximum absolute atomic E-state index is 13.8. The molecule has 3 N–H and O–H groups in total. The first kappa shape index (κ1) is 27.5. The van der Waals surface area contributed by atoms with Gasteiger partial charge < -0.3 is 20.5 Å². The molecule has 0 bridgehead atoms. The van der Waals surface area contributed by atoms with E-state index in [1.54, 1.807) is 12.1 Å². The summed E-state index contributed by atoms with van der Waals surface area (Å²) >= 11 is 5.81. The number of piperidine rings is 1. The largest absolute Gasteiger partial charge is 0.504 e. The first-order valence-electron chi connectivity index (χ1n) is 12.1. The van der Waals surface area contributed by atoms with Crippen LogP contribution in [0.25, 0.3) is 0 Å². The van der Waals surface area contributed by atoms with Crippen LogP contribution in [0, 0.1) is 0 Å². The van der Waals surface area contributed by atoms with Crippen molar-refractivity contribution in [3.05, 3.63) is 70.5 Å². The third kappa shape index (κ3) is 7.05. The number of nitrogens with zero attached hydrogens (tertiary/aromatic N) is 3. The molecule has 202 valence electrons. The third-order valence-corrected chi connectivity index (χ3v) is 6.31. The molecule has 2 aromatic carbocycles. The lowest BCUT2D eigenvalue weighted by Gasteiger charge is -2.32. The molecule has 1 aliphatic rings. The number of phenolic OH excluding ortho intramolecular Hbond substituents is 1. The molecule has 1 amide bonds. The maximum atomic E-state index is 13.8. The van der Waals surface area contributed by atoms with Gasteiger partial charge in [-0.05, 0) is 61.7 Å². The minimum Gasteiger partial charge on any atom is -0.504 e. The summed E-state index contributed by atoms with van der Waals surface area (Å²) in [4.78, 5) is 22.4. The molecule has 4 rings (SSSR count). The summed E-state index contributed by atoms with van der Waals surface area (Å²) in [7, 11) is 0. The van der Waals surface area contributed by atoms with Crippen molar-refractivity contribution in [1.82, 2.24) is 14.9 Å². The molecule has 8 nitrogen and oxygen atoms in total. The van der Waals surface area contributed by atoms with Gasteiger partial charge in [0.2, 0.25) is 5.95 Å². The summed E-state index contributed by atoms with van der Waals surface area (Å²) in [5, 5.41) is 15.7. The molecular weight excluding hydrogens is 523 g/mol. The number of rotatable bonds is 8. The summed E-state index contributed by atoms with van der Waals surface area (Å²) in [5.41, 5.74) is -0.698. The van der Waals surface area contributed by atoms with Crippen LogP contribution in [0.2, 0.25) is 5.02 Å². The molecule has 1 aromatic heterocycles. The van der Waals surface area contributed by atoms with E-state index < -0.39 is 23.3 Å². The number of nitrogens with one attached hydrogen (secondary N) is 2. The number of benzene rings is 2. The monoisotopic (exact) mass is 549 g/mol. The molecule has 12 heteroatoms. The van der Waals surface area contributed by atoms with Gasteiger partial charge in [-0.3, -0.25) is 9.69 Å². The zero-order valence-corrected chi connectivity index (χ0v) is 21.3. The molecule has 1 saturated heterocycles. The molecule has 3 aromatic rings. The van der Waals surface area contributed by atoms with Crippen LogP contribution in [0.4, 0.5) is 24.8 Å². The summed E-state index contributed by atoms with van der Waals surface area (Å²) < 4.78 is 46.8. The first-order chi connectivity index (χ1) is 18.1. The van der Waals surface area contributed by atoms with E-state index in [4.69, 9.17) is 16.3 Å². The van der Waals surface area contributed by atoms with Crippen molar-refractivity contribution in [2.24, 2.45) is 0 Å². The number of ether oxygens (including phenoxy) is 1. The summed E-state index contributed by atoms with van der Waals surface area (Å²) in [6.45, 7) is 4.35. The van der Waals surface area contributed by atoms with Crippen LogP contribution in [-0.2, 0) is 12.7 Å². The second kappa shape index (κ2) is 11.9. The maximum Gasteiger partial charge on any atom is 0.434 e. The number of carbonyl (C=O) groups is 1. The lowest BCUT2D eigenvalue weighted by Crippen LogP contribution is -2.39. The van der Waals surface area contributed by atoms with Crippen molar-refractivity contribution in [2.45, 2.75) is 38.5 Å². The Kier molecular flexibility index (Phi) is 8.58. The second-order valence-electron chi connectivity index (χ2n) is 8.84. The van der Waals surface area contributed by atoms with E-state index in [2.05, 4.69) is 25.5 Å². The Morgan fingerprint density at radius 3 is 2.55 bits per heavy atom. The molecule has 0 saturated carbocycles. The van der Waals surface area contributed by atoms with E-state index in [1.807, 2.05) is 13.0 Å². The number of amides is 1. The third-order valence-electron chi connectivity index (χ3n) is 6.06. The fourth-order valence-corrected chi connectivity index (χ4v) is 4.30. The van der Waals surface area contributed by atoms with Gasteiger partial charge in [-0.1, -0.05) is 17.7 Å². The van der Waals surface area contributed by atoms with E-state index in [9.17, 15) is 23.1 Å². The molecular formula is C26H27ClF3N5O3. The van der Waals surface area contributed by atoms with Crippen molar-refractivity contribution in [3.8, 4) is 11.5 Å². The van der Waals surface area contributed by atoms with Crippen molar-refractivity contribution in [3.63, 3.8) is 0 Å². The van der Waals surface area contributed by atoms with Gasteiger partial charge in [-0.25, -0.2) is 9.97 Å². The molecule has 0 unspecified atom stereocenters. The smallest absolute Gasteiger partial charge is 0.434 e. The van der Waals surface area contributed by atoms with Crippen molar-refractivity contribution >= 4 is 29.1 Å². The van der Waals surface area contributed by atoms with E-state index >= 15 is 0 Å². The van der Waals surface area contributed by atoms with Gasteiger partial charge in [0.05, 0.1) is 12.2 Å². The molecule has 0 spiro atoms. The summed E-state index contributed by atoms with van der Waals surface area (Å²) in [6.07, 6.45) is -2.63. The van der Waals surface area contributed by atoms with E-state index in [0.29, 0.717) is 55.5 Å². The number of hydrogen-bond acceptors (Lipinski definition) is 7. The topological polar surface area (TPSA) is 99.6 Å². The van der Waals surface area contributed by atoms with Gasteiger partial charge in [-0.15, -0.1) is 0 Å². The number of carbonyl (C=O) groups excluding carboxylic acids is 1. The van der Waals surface area contributed by atoms with E-state index in [-0.39, 0.29) is 17.7 Å². The van der Waals surface area contributed by atoms with Gasteiger partial charge >= 0.3 is 6.18 Å². The van der Waals surface area contributed by atoms with Crippen LogP contribution in [0.1, 0.15) is 41.4 Å². The standard InChI is InChI=1S/C26H27ClF3N5O3/c1-2-38-22-13-16(3-8-21(22)36)15-35-11-9-19(10-12-35)33-25-31-14-20(23(34-25)26(28,29)30)24(37)32-18-6-4-17(27)5-7-18/h3-8,13-14,19,36H,2,9-12,15H2,1H3,(H,32,37)(H,31,33,34). The Labute approximate surface area is 222 Å². The quantitative estimate of drug-likeness (QED) is 0.337. The fraction of sp³-hybridized carbons (Fsp3) is 0.346. The lowest BCUT2D eigenvalue weighted by molar-refractivity contribution is -0.141. The van der Waals surface area contributed by atoms with Crippen molar-refractivity contribution < 1.29 is 27.8 Å². The van der Waals surface area contributed by atoms with Crippen LogP contribution < -0.4 is 15.4 Å². The Morgan fingerprint density at radius 2 is 1.89 bits per heavy atom. The van der Waals surface area contributed by atoms with Gasteiger partial charge in [0.25, 0.3) is 5.91 Å². The van der Waals surface area contributed by atoms with Crippen molar-refractivity contribution in [1.29, 1.82) is 0 Å². The van der Waals surface area contributed by atoms with Crippen LogP contribution >= 0.6 is 11.6 Å². The van der Waals surface area contributed by atoms with Gasteiger partial charge in [0.1, 0.15) is 0 Å². The van der Waals surface area contributed by atoms with E-state index in [0.717, 1.165) is 11.8 Å². The second-order valence-corrected chi connectivity index (χ2v) is 9.28. The first-order valence-corrected chi connectivity index (χ1v) is 12.4. The average molecular weight is 550 g/mol. The number of hydrogen-bond donors (Lipinski definition) is 3. The van der Waals surface area contributed by atoms with Gasteiger partial charge in [-0.2, -0.15) is 13.2 Å². The Morgan fingerprint density at radius 1 is 1.18 bits per heavy atom. The predicted octanol–water partition coefficient (Wildman–Crippen LogP) is 5.58. The predicted molar refractivity (Wildman–Crippen MR) is 138 cm³/mol. The molecule has 1 aliphatic heterocycles. The fourth-order valence-electron chi connectivity index (χ4n) is 4.17. The summed E-state index contributed by atoms with van der Waals surface area (Å²) in [5.74, 6) is -0.630. The van der Waals surface area contributed by atoms with Crippen LogP contribution in [0.5, 0.6) is 11.5 Å². The average Bonchev–Trinajstić information content (AvgIpc) is 2.88. The Bertz CT molecular complexity index is 1270. The zero-order valence-electron chi connectivity index (χ0n) is 20.6.